The Balaban J connectivity index is 2.65. The van der Waals surface area contributed by atoms with Gasteiger partial charge in [-0.2, -0.15) is 0 Å². The van der Waals surface area contributed by atoms with Crippen LogP contribution in [-0.4, -0.2) is 17.2 Å². The van der Waals surface area contributed by atoms with Crippen LogP contribution in [0.15, 0.2) is 35.5 Å². The number of benzene rings is 1. The van der Waals surface area contributed by atoms with Crippen molar-refractivity contribution in [2.24, 2.45) is 10.9 Å². The van der Waals surface area contributed by atoms with Crippen LogP contribution in [0.1, 0.15) is 12.5 Å². The van der Waals surface area contributed by atoms with Crippen LogP contribution in [0.4, 0.5) is 0 Å². The SMILES string of the molecule is CC(Cl)C(=O)ON=C(N)c1ccccc1. The third-order valence-electron chi connectivity index (χ3n) is 1.63. The monoisotopic (exact) mass is 226 g/mol. The molecule has 0 bridgehead atoms. The summed E-state index contributed by atoms with van der Waals surface area (Å²) in [6, 6.07) is 8.99. The molecule has 1 unspecified atom stereocenters. The van der Waals surface area contributed by atoms with Crippen molar-refractivity contribution in [3.8, 4) is 0 Å². The van der Waals surface area contributed by atoms with Crippen LogP contribution >= 0.6 is 11.6 Å². The number of nitrogens with two attached hydrogens (primary N) is 1. The number of carbonyl (C=O) groups is 1. The van der Waals surface area contributed by atoms with Gasteiger partial charge in [0.1, 0.15) is 5.38 Å². The molecule has 2 N–H and O–H groups in total. The highest BCUT2D eigenvalue weighted by Gasteiger charge is 2.10. The molecule has 1 rings (SSSR count). The highest BCUT2D eigenvalue weighted by molar-refractivity contribution is 6.29. The average Bonchev–Trinajstić information content (AvgIpc) is 2.26. The predicted molar refractivity (Wildman–Crippen MR) is 58.6 cm³/mol. The lowest BCUT2D eigenvalue weighted by Crippen LogP contribution is -2.17. The number of halogens is 1. The summed E-state index contributed by atoms with van der Waals surface area (Å²) >= 11 is 5.47. The molecule has 0 saturated heterocycles. The summed E-state index contributed by atoms with van der Waals surface area (Å²) in [6.07, 6.45) is 0. The van der Waals surface area contributed by atoms with E-state index in [1.807, 2.05) is 18.2 Å². The number of rotatable bonds is 3. The summed E-state index contributed by atoms with van der Waals surface area (Å²) in [5.74, 6) is -0.489. The molecule has 4 nitrogen and oxygen atoms in total. The third kappa shape index (κ3) is 3.59. The van der Waals surface area contributed by atoms with Gasteiger partial charge in [-0.25, -0.2) is 4.79 Å². The van der Waals surface area contributed by atoms with E-state index >= 15 is 0 Å². The van der Waals surface area contributed by atoms with E-state index in [1.165, 1.54) is 6.92 Å². The maximum atomic E-state index is 11.0. The second kappa shape index (κ2) is 5.36. The van der Waals surface area contributed by atoms with E-state index < -0.39 is 11.3 Å². The van der Waals surface area contributed by atoms with Gasteiger partial charge in [0.25, 0.3) is 0 Å². The van der Waals surface area contributed by atoms with Crippen molar-refractivity contribution in [1.82, 2.24) is 0 Å². The van der Waals surface area contributed by atoms with E-state index in [2.05, 4.69) is 9.99 Å². The molecule has 0 amide bonds. The molecule has 0 aliphatic heterocycles. The lowest BCUT2D eigenvalue weighted by Gasteiger charge is -2.01. The molecule has 0 aliphatic carbocycles. The van der Waals surface area contributed by atoms with Gasteiger partial charge in [0.15, 0.2) is 5.84 Å². The second-order valence-corrected chi connectivity index (χ2v) is 3.52. The van der Waals surface area contributed by atoms with Crippen molar-refractivity contribution < 1.29 is 9.63 Å². The maximum absolute atomic E-state index is 11.0. The standard InChI is InChI=1S/C10H11ClN2O2/c1-7(11)10(14)15-13-9(12)8-5-3-2-4-6-8/h2-7H,1H3,(H2,12,13). The van der Waals surface area contributed by atoms with E-state index in [-0.39, 0.29) is 5.84 Å². The molecule has 0 aromatic heterocycles. The zero-order valence-electron chi connectivity index (χ0n) is 8.18. The molecule has 15 heavy (non-hydrogen) atoms. The van der Waals surface area contributed by atoms with E-state index in [4.69, 9.17) is 17.3 Å². The number of hydrogen-bond acceptors (Lipinski definition) is 3. The van der Waals surface area contributed by atoms with Gasteiger partial charge in [0.05, 0.1) is 0 Å². The van der Waals surface area contributed by atoms with Gasteiger partial charge in [-0.05, 0) is 6.92 Å². The molecule has 0 aliphatic rings. The van der Waals surface area contributed by atoms with Crippen LogP contribution in [0.3, 0.4) is 0 Å². The first-order valence-corrected chi connectivity index (χ1v) is 4.78. The summed E-state index contributed by atoms with van der Waals surface area (Å²) in [5.41, 5.74) is 6.26. The van der Waals surface area contributed by atoms with Crippen LogP contribution in [0, 0.1) is 0 Å². The van der Waals surface area contributed by atoms with Crippen molar-refractivity contribution >= 4 is 23.4 Å². The van der Waals surface area contributed by atoms with Gasteiger partial charge in [-0.1, -0.05) is 35.5 Å². The second-order valence-electron chi connectivity index (χ2n) is 2.87. The Kier molecular flexibility index (Phi) is 4.12. The van der Waals surface area contributed by atoms with E-state index in [0.29, 0.717) is 5.56 Å². The fraction of sp³-hybridized carbons (Fsp3) is 0.200. The molecule has 1 atom stereocenters. The first kappa shape index (κ1) is 11.5. The Labute approximate surface area is 92.7 Å². The van der Waals surface area contributed by atoms with Crippen LogP contribution < -0.4 is 5.73 Å². The summed E-state index contributed by atoms with van der Waals surface area (Å²) < 4.78 is 0. The molecule has 0 saturated carbocycles. The van der Waals surface area contributed by atoms with Crippen LogP contribution in [0.2, 0.25) is 0 Å². The third-order valence-corrected chi connectivity index (χ3v) is 1.81. The molecular formula is C10H11ClN2O2. The van der Waals surface area contributed by atoms with Crippen molar-refractivity contribution in [3.05, 3.63) is 35.9 Å². The highest BCUT2D eigenvalue weighted by Crippen LogP contribution is 2.00. The smallest absolute Gasteiger partial charge is 0.352 e. The number of oxime groups is 1. The molecule has 0 spiro atoms. The Morgan fingerprint density at radius 3 is 2.60 bits per heavy atom. The van der Waals surface area contributed by atoms with Crippen molar-refractivity contribution in [2.75, 3.05) is 0 Å². The number of amidine groups is 1. The zero-order valence-corrected chi connectivity index (χ0v) is 8.94. The number of nitrogens with zero attached hydrogens (tertiary/aromatic N) is 1. The Bertz CT molecular complexity index is 363. The normalized spacial score (nSPS) is 13.3. The minimum absolute atomic E-state index is 0.140. The molecule has 0 fully saturated rings. The minimum atomic E-state index is -0.739. The molecule has 1 aromatic carbocycles. The average molecular weight is 227 g/mol. The van der Waals surface area contributed by atoms with Crippen LogP contribution in [0.25, 0.3) is 0 Å². The lowest BCUT2D eigenvalue weighted by atomic mass is 10.2. The zero-order chi connectivity index (χ0) is 11.3. The summed E-state index contributed by atoms with van der Waals surface area (Å²) in [5, 5.41) is 2.74. The number of hydrogen-bond donors (Lipinski definition) is 1. The summed E-state index contributed by atoms with van der Waals surface area (Å²) in [6.45, 7) is 1.50. The fourth-order valence-electron chi connectivity index (χ4n) is 0.828. The van der Waals surface area contributed by atoms with Gasteiger partial charge in [-0.3, -0.25) is 0 Å². The Morgan fingerprint density at radius 2 is 2.07 bits per heavy atom. The molecule has 0 heterocycles. The predicted octanol–water partition coefficient (Wildman–Crippen LogP) is 1.48. The minimum Gasteiger partial charge on any atom is -0.380 e. The van der Waals surface area contributed by atoms with Crippen molar-refractivity contribution in [2.45, 2.75) is 12.3 Å². The quantitative estimate of drug-likeness (QED) is 0.279. The molecule has 0 radical (unpaired) electrons. The van der Waals surface area contributed by atoms with Gasteiger partial charge < -0.3 is 10.6 Å². The number of alkyl halides is 1. The first-order chi connectivity index (χ1) is 7.11. The van der Waals surface area contributed by atoms with E-state index in [0.717, 1.165) is 0 Å². The van der Waals surface area contributed by atoms with Gasteiger partial charge in [0.2, 0.25) is 0 Å². The fourth-order valence-corrected chi connectivity index (χ4v) is 0.868. The topological polar surface area (TPSA) is 64.7 Å². The molecular weight excluding hydrogens is 216 g/mol. The maximum Gasteiger partial charge on any atom is 0.352 e. The van der Waals surface area contributed by atoms with Gasteiger partial charge >= 0.3 is 5.97 Å². The lowest BCUT2D eigenvalue weighted by molar-refractivity contribution is -0.142. The van der Waals surface area contributed by atoms with Crippen molar-refractivity contribution in [3.63, 3.8) is 0 Å². The molecule has 5 heteroatoms. The van der Waals surface area contributed by atoms with Crippen LogP contribution in [0.5, 0.6) is 0 Å². The van der Waals surface area contributed by atoms with Gasteiger partial charge in [-0.15, -0.1) is 11.6 Å². The summed E-state index contributed by atoms with van der Waals surface area (Å²) in [7, 11) is 0. The molecule has 1 aromatic rings. The van der Waals surface area contributed by atoms with Gasteiger partial charge in [0, 0.05) is 5.56 Å². The number of carbonyl (C=O) groups excluding carboxylic acids is 1. The first-order valence-electron chi connectivity index (χ1n) is 4.35. The van der Waals surface area contributed by atoms with E-state index in [9.17, 15) is 4.79 Å². The van der Waals surface area contributed by atoms with E-state index in [1.54, 1.807) is 12.1 Å². The largest absolute Gasteiger partial charge is 0.380 e. The Hall–Kier alpha value is -1.55. The molecule has 80 valence electrons. The summed E-state index contributed by atoms with van der Waals surface area (Å²) in [4.78, 5) is 15.5. The van der Waals surface area contributed by atoms with Crippen molar-refractivity contribution in [1.29, 1.82) is 0 Å². The van der Waals surface area contributed by atoms with Crippen LogP contribution in [-0.2, 0) is 9.63 Å². The Morgan fingerprint density at radius 1 is 1.47 bits per heavy atom. The highest BCUT2D eigenvalue weighted by atomic mass is 35.5.